The summed E-state index contributed by atoms with van der Waals surface area (Å²) >= 11 is 0. The van der Waals surface area contributed by atoms with Crippen LogP contribution in [0.1, 0.15) is 44.9 Å². The third-order valence-electron chi connectivity index (χ3n) is 5.48. The summed E-state index contributed by atoms with van der Waals surface area (Å²) in [7, 11) is 4.05. The monoisotopic (exact) mass is 387 g/mol. The Hall–Kier alpha value is -1.59. The molecule has 0 radical (unpaired) electrons. The number of hydrogen-bond donors (Lipinski definition) is 2. The van der Waals surface area contributed by atoms with Crippen LogP contribution >= 0.6 is 0 Å². The average Bonchev–Trinajstić information content (AvgIpc) is 2.67. The molecule has 1 aromatic carbocycles. The van der Waals surface area contributed by atoms with Crippen molar-refractivity contribution in [2.75, 3.05) is 53.4 Å². The maximum atomic E-state index is 4.41. The number of rotatable bonds is 8. The Labute approximate surface area is 172 Å². The number of nitrogens with zero attached hydrogens (tertiary/aromatic N) is 3. The third kappa shape index (κ3) is 7.80. The zero-order valence-electron chi connectivity index (χ0n) is 18.8. The smallest absolute Gasteiger partial charge is 0.191 e. The predicted octanol–water partition coefficient (Wildman–Crippen LogP) is 2.99. The summed E-state index contributed by atoms with van der Waals surface area (Å²) < 4.78 is 0. The summed E-state index contributed by atoms with van der Waals surface area (Å²) in [4.78, 5) is 9.39. The van der Waals surface area contributed by atoms with Gasteiger partial charge in [0, 0.05) is 46.3 Å². The SMILES string of the molecule is CN=C(NCC(C)CN1CCN(C)CC1)NC(C)c1ccc(CC(C)C)cc1. The minimum absolute atomic E-state index is 0.229. The van der Waals surface area contributed by atoms with Crippen molar-refractivity contribution in [3.63, 3.8) is 0 Å². The van der Waals surface area contributed by atoms with Gasteiger partial charge in [0.15, 0.2) is 5.96 Å². The van der Waals surface area contributed by atoms with Gasteiger partial charge in [0.2, 0.25) is 0 Å². The molecular formula is C23H41N5. The molecule has 0 bridgehead atoms. The Morgan fingerprint density at radius 2 is 1.68 bits per heavy atom. The van der Waals surface area contributed by atoms with Gasteiger partial charge in [0.1, 0.15) is 0 Å². The average molecular weight is 388 g/mol. The summed E-state index contributed by atoms with van der Waals surface area (Å²) in [5.41, 5.74) is 2.70. The number of nitrogens with one attached hydrogen (secondary N) is 2. The Kier molecular flexibility index (Phi) is 9.26. The molecule has 1 aliphatic rings. The van der Waals surface area contributed by atoms with Crippen molar-refractivity contribution >= 4 is 5.96 Å². The second-order valence-corrected chi connectivity index (χ2v) is 8.87. The predicted molar refractivity (Wildman–Crippen MR) is 121 cm³/mol. The molecule has 158 valence electrons. The van der Waals surface area contributed by atoms with Crippen molar-refractivity contribution in [1.82, 2.24) is 20.4 Å². The van der Waals surface area contributed by atoms with E-state index in [1.807, 2.05) is 7.05 Å². The molecule has 0 spiro atoms. The molecule has 0 saturated carbocycles. The minimum atomic E-state index is 0.229. The highest BCUT2D eigenvalue weighted by Crippen LogP contribution is 2.15. The Morgan fingerprint density at radius 3 is 2.25 bits per heavy atom. The molecular weight excluding hydrogens is 346 g/mol. The fraction of sp³-hybridized carbons (Fsp3) is 0.696. The summed E-state index contributed by atoms with van der Waals surface area (Å²) in [5, 5.41) is 7.03. The van der Waals surface area contributed by atoms with Gasteiger partial charge in [-0.2, -0.15) is 0 Å². The first-order valence-electron chi connectivity index (χ1n) is 10.8. The first kappa shape index (κ1) is 22.7. The quantitative estimate of drug-likeness (QED) is 0.532. The molecule has 0 amide bonds. The van der Waals surface area contributed by atoms with Crippen LogP contribution in [0.5, 0.6) is 0 Å². The van der Waals surface area contributed by atoms with E-state index in [2.05, 4.69) is 84.4 Å². The van der Waals surface area contributed by atoms with E-state index in [0.717, 1.165) is 25.5 Å². The molecule has 5 nitrogen and oxygen atoms in total. The van der Waals surface area contributed by atoms with Crippen LogP contribution in [0.25, 0.3) is 0 Å². The fourth-order valence-corrected chi connectivity index (χ4v) is 3.70. The van der Waals surface area contributed by atoms with E-state index < -0.39 is 0 Å². The summed E-state index contributed by atoms with van der Waals surface area (Å²) in [6.07, 6.45) is 1.14. The third-order valence-corrected chi connectivity index (χ3v) is 5.48. The molecule has 28 heavy (non-hydrogen) atoms. The van der Waals surface area contributed by atoms with E-state index >= 15 is 0 Å². The number of piperazine rings is 1. The van der Waals surface area contributed by atoms with Gasteiger partial charge in [-0.15, -0.1) is 0 Å². The molecule has 2 N–H and O–H groups in total. The molecule has 1 saturated heterocycles. The second kappa shape index (κ2) is 11.4. The zero-order chi connectivity index (χ0) is 20.5. The number of aliphatic imine (C=N–C) groups is 1. The lowest BCUT2D eigenvalue weighted by atomic mass is 10.00. The van der Waals surface area contributed by atoms with Gasteiger partial charge < -0.3 is 20.4 Å². The standard InChI is InChI=1S/C23H41N5/c1-18(2)15-21-7-9-22(10-8-21)20(4)26-23(24-5)25-16-19(3)17-28-13-11-27(6)12-14-28/h7-10,18-20H,11-17H2,1-6H3,(H2,24,25,26). The van der Waals surface area contributed by atoms with E-state index in [1.54, 1.807) is 0 Å². The van der Waals surface area contributed by atoms with Gasteiger partial charge in [-0.3, -0.25) is 4.99 Å². The van der Waals surface area contributed by atoms with Crippen molar-refractivity contribution in [1.29, 1.82) is 0 Å². The van der Waals surface area contributed by atoms with Crippen molar-refractivity contribution < 1.29 is 0 Å². The first-order valence-corrected chi connectivity index (χ1v) is 10.8. The lowest BCUT2D eigenvalue weighted by molar-refractivity contribution is 0.139. The van der Waals surface area contributed by atoms with Crippen LogP contribution in [0, 0.1) is 11.8 Å². The van der Waals surface area contributed by atoms with E-state index in [4.69, 9.17) is 0 Å². The molecule has 0 aliphatic carbocycles. The molecule has 1 fully saturated rings. The number of likely N-dealkylation sites (N-methyl/N-ethyl adjacent to an activating group) is 1. The molecule has 2 rings (SSSR count). The highest BCUT2D eigenvalue weighted by Gasteiger charge is 2.16. The topological polar surface area (TPSA) is 42.9 Å². The normalized spacial score (nSPS) is 18.9. The largest absolute Gasteiger partial charge is 0.356 e. The fourth-order valence-electron chi connectivity index (χ4n) is 3.70. The van der Waals surface area contributed by atoms with Crippen molar-refractivity contribution in [3.8, 4) is 0 Å². The van der Waals surface area contributed by atoms with Crippen LogP contribution in [0.2, 0.25) is 0 Å². The summed E-state index contributed by atoms with van der Waals surface area (Å²) in [5.74, 6) is 2.16. The van der Waals surface area contributed by atoms with Gasteiger partial charge in [0.05, 0.1) is 6.04 Å². The highest BCUT2D eigenvalue weighted by atomic mass is 15.2. The maximum Gasteiger partial charge on any atom is 0.191 e. The molecule has 1 heterocycles. The van der Waals surface area contributed by atoms with Crippen molar-refractivity contribution in [2.24, 2.45) is 16.8 Å². The number of benzene rings is 1. The van der Waals surface area contributed by atoms with E-state index in [-0.39, 0.29) is 6.04 Å². The molecule has 1 aromatic rings. The molecule has 2 unspecified atom stereocenters. The van der Waals surface area contributed by atoms with Crippen LogP contribution in [0.3, 0.4) is 0 Å². The van der Waals surface area contributed by atoms with Gasteiger partial charge in [-0.05, 0) is 43.4 Å². The lowest BCUT2D eigenvalue weighted by Gasteiger charge is -2.34. The highest BCUT2D eigenvalue weighted by molar-refractivity contribution is 5.80. The number of guanidine groups is 1. The van der Waals surface area contributed by atoms with Crippen LogP contribution < -0.4 is 10.6 Å². The van der Waals surface area contributed by atoms with Crippen LogP contribution in [-0.4, -0.2) is 69.1 Å². The van der Waals surface area contributed by atoms with E-state index in [0.29, 0.717) is 11.8 Å². The second-order valence-electron chi connectivity index (χ2n) is 8.87. The molecule has 0 aromatic heterocycles. The minimum Gasteiger partial charge on any atom is -0.356 e. The van der Waals surface area contributed by atoms with Gasteiger partial charge >= 0.3 is 0 Å². The summed E-state index contributed by atoms with van der Waals surface area (Å²) in [6.45, 7) is 15.8. The van der Waals surface area contributed by atoms with Crippen molar-refractivity contribution in [3.05, 3.63) is 35.4 Å². The molecule has 5 heteroatoms. The van der Waals surface area contributed by atoms with Crippen LogP contribution in [0.15, 0.2) is 29.3 Å². The Bertz CT molecular complexity index is 588. The summed E-state index contributed by atoms with van der Waals surface area (Å²) in [6, 6.07) is 9.20. The lowest BCUT2D eigenvalue weighted by Crippen LogP contribution is -2.47. The number of hydrogen-bond acceptors (Lipinski definition) is 3. The van der Waals surface area contributed by atoms with E-state index in [9.17, 15) is 0 Å². The molecule has 1 aliphatic heterocycles. The van der Waals surface area contributed by atoms with Crippen LogP contribution in [0.4, 0.5) is 0 Å². The maximum absolute atomic E-state index is 4.41. The van der Waals surface area contributed by atoms with Gasteiger partial charge in [0.25, 0.3) is 0 Å². The van der Waals surface area contributed by atoms with Gasteiger partial charge in [-0.1, -0.05) is 45.0 Å². The Morgan fingerprint density at radius 1 is 1.04 bits per heavy atom. The Balaban J connectivity index is 1.76. The van der Waals surface area contributed by atoms with Crippen LogP contribution in [-0.2, 0) is 6.42 Å². The zero-order valence-corrected chi connectivity index (χ0v) is 18.8. The van der Waals surface area contributed by atoms with Crippen molar-refractivity contribution in [2.45, 2.75) is 40.2 Å². The first-order chi connectivity index (χ1) is 13.4. The molecule has 2 atom stereocenters. The van der Waals surface area contributed by atoms with Gasteiger partial charge in [-0.25, -0.2) is 0 Å². The van der Waals surface area contributed by atoms with E-state index in [1.165, 1.54) is 37.3 Å².